The molecule has 8 heteroatoms. The summed E-state index contributed by atoms with van der Waals surface area (Å²) >= 11 is 0. The van der Waals surface area contributed by atoms with Crippen molar-refractivity contribution in [3.63, 3.8) is 0 Å². The number of nitrogens with one attached hydrogen (secondary N) is 2. The molecule has 0 aliphatic carbocycles. The van der Waals surface area contributed by atoms with Gasteiger partial charge in [-0.05, 0) is 30.3 Å². The van der Waals surface area contributed by atoms with Crippen LogP contribution in [0, 0.1) is 0 Å². The molecular weight excluding hydrogens is 364 g/mol. The Balaban J connectivity index is 2.03. The highest BCUT2D eigenvalue weighted by atomic mass is 16.5. The Bertz CT molecular complexity index is 837. The Morgan fingerprint density at radius 3 is 2.32 bits per heavy atom. The first-order valence-corrected chi connectivity index (χ1v) is 8.55. The molecule has 0 unspecified atom stereocenters. The van der Waals surface area contributed by atoms with E-state index in [-0.39, 0.29) is 18.3 Å². The van der Waals surface area contributed by atoms with Gasteiger partial charge in [0.2, 0.25) is 5.91 Å². The molecule has 148 valence electrons. The molecular formula is C20H22N2O6. The Labute approximate surface area is 162 Å². The zero-order valence-electron chi connectivity index (χ0n) is 15.7. The molecule has 0 saturated carbocycles. The molecule has 8 nitrogen and oxygen atoms in total. The minimum atomic E-state index is -0.474. The lowest BCUT2D eigenvalue weighted by molar-refractivity contribution is -0.131. The van der Waals surface area contributed by atoms with Crippen molar-refractivity contribution >= 4 is 29.2 Å². The molecule has 0 bridgehead atoms. The van der Waals surface area contributed by atoms with Crippen LogP contribution in [-0.4, -0.2) is 44.7 Å². The standard InChI is InChI=1S/C20H22N2O6/c1-14(23)28-16-7-5-6-15(12-16)20(25)22-18-9-4-3-8-17(18)21-19(24)13-27-11-10-26-2/h3-9,12H,10-11,13H2,1-2H3,(H,21,24)(H,22,25). The molecule has 0 spiro atoms. The van der Waals surface area contributed by atoms with Crippen LogP contribution >= 0.6 is 0 Å². The number of anilines is 2. The minimum absolute atomic E-state index is 0.129. The van der Waals surface area contributed by atoms with Gasteiger partial charge in [-0.2, -0.15) is 0 Å². The second-order valence-corrected chi connectivity index (χ2v) is 5.71. The van der Waals surface area contributed by atoms with Crippen molar-refractivity contribution in [3.8, 4) is 5.75 Å². The van der Waals surface area contributed by atoms with Crippen LogP contribution in [-0.2, 0) is 19.1 Å². The number of esters is 1. The van der Waals surface area contributed by atoms with Crippen molar-refractivity contribution in [3.05, 3.63) is 54.1 Å². The van der Waals surface area contributed by atoms with Gasteiger partial charge in [0.15, 0.2) is 0 Å². The van der Waals surface area contributed by atoms with Crippen molar-refractivity contribution in [2.45, 2.75) is 6.92 Å². The summed E-state index contributed by atoms with van der Waals surface area (Å²) < 4.78 is 15.0. The van der Waals surface area contributed by atoms with E-state index in [2.05, 4.69) is 10.6 Å². The second kappa shape index (κ2) is 10.8. The molecule has 0 radical (unpaired) electrons. The maximum absolute atomic E-state index is 12.5. The van der Waals surface area contributed by atoms with Gasteiger partial charge < -0.3 is 24.8 Å². The van der Waals surface area contributed by atoms with Crippen LogP contribution in [0.15, 0.2) is 48.5 Å². The summed E-state index contributed by atoms with van der Waals surface area (Å²) in [5.41, 5.74) is 1.17. The average molecular weight is 386 g/mol. The molecule has 2 aromatic rings. The van der Waals surface area contributed by atoms with Gasteiger partial charge >= 0.3 is 5.97 Å². The van der Waals surface area contributed by atoms with Crippen LogP contribution in [0.2, 0.25) is 0 Å². The molecule has 2 amide bonds. The predicted molar refractivity (Wildman–Crippen MR) is 103 cm³/mol. The molecule has 0 fully saturated rings. The Morgan fingerprint density at radius 1 is 0.929 bits per heavy atom. The van der Waals surface area contributed by atoms with Crippen molar-refractivity contribution in [2.24, 2.45) is 0 Å². The van der Waals surface area contributed by atoms with Crippen molar-refractivity contribution in [1.29, 1.82) is 0 Å². The highest BCUT2D eigenvalue weighted by molar-refractivity contribution is 6.07. The van der Waals surface area contributed by atoms with E-state index in [0.29, 0.717) is 30.2 Å². The average Bonchev–Trinajstić information content (AvgIpc) is 2.66. The van der Waals surface area contributed by atoms with E-state index in [1.807, 2.05) is 0 Å². The summed E-state index contributed by atoms with van der Waals surface area (Å²) in [5, 5.41) is 5.43. The summed E-state index contributed by atoms with van der Waals surface area (Å²) in [6.45, 7) is 1.86. The fourth-order valence-electron chi connectivity index (χ4n) is 2.26. The lowest BCUT2D eigenvalue weighted by Crippen LogP contribution is -2.21. The molecule has 2 N–H and O–H groups in total. The molecule has 0 aromatic heterocycles. The fraction of sp³-hybridized carbons (Fsp3) is 0.250. The van der Waals surface area contributed by atoms with Crippen molar-refractivity contribution < 1.29 is 28.6 Å². The monoisotopic (exact) mass is 386 g/mol. The van der Waals surface area contributed by atoms with Gasteiger partial charge in [-0.1, -0.05) is 18.2 Å². The first kappa shape index (κ1) is 21.1. The summed E-state index contributed by atoms with van der Waals surface area (Å²) in [5.74, 6) is -0.963. The lowest BCUT2D eigenvalue weighted by Gasteiger charge is -2.13. The molecule has 2 rings (SSSR count). The van der Waals surface area contributed by atoms with Crippen LogP contribution in [0.3, 0.4) is 0 Å². The number of methoxy groups -OCH3 is 1. The number of amides is 2. The quantitative estimate of drug-likeness (QED) is 0.390. The summed E-state index contributed by atoms with van der Waals surface area (Å²) in [7, 11) is 1.55. The van der Waals surface area contributed by atoms with Gasteiger partial charge in [0.1, 0.15) is 12.4 Å². The normalized spacial score (nSPS) is 10.2. The maximum Gasteiger partial charge on any atom is 0.308 e. The third-order valence-corrected chi connectivity index (χ3v) is 3.47. The number of hydrogen-bond donors (Lipinski definition) is 2. The van der Waals surface area contributed by atoms with E-state index in [1.54, 1.807) is 49.6 Å². The third-order valence-electron chi connectivity index (χ3n) is 3.47. The van der Waals surface area contributed by atoms with Crippen LogP contribution in [0.5, 0.6) is 5.75 Å². The third kappa shape index (κ3) is 6.82. The van der Waals surface area contributed by atoms with E-state index in [0.717, 1.165) is 0 Å². The molecule has 0 aliphatic rings. The number of carbonyl (C=O) groups excluding carboxylic acids is 3. The first-order valence-electron chi connectivity index (χ1n) is 8.55. The molecule has 2 aromatic carbocycles. The largest absolute Gasteiger partial charge is 0.427 e. The van der Waals surface area contributed by atoms with E-state index in [4.69, 9.17) is 14.2 Å². The highest BCUT2D eigenvalue weighted by Gasteiger charge is 2.12. The minimum Gasteiger partial charge on any atom is -0.427 e. The summed E-state index contributed by atoms with van der Waals surface area (Å²) in [4.78, 5) is 35.6. The number of hydrogen-bond acceptors (Lipinski definition) is 6. The number of benzene rings is 2. The summed E-state index contributed by atoms with van der Waals surface area (Å²) in [6, 6.07) is 13.0. The van der Waals surface area contributed by atoms with Crippen LogP contribution < -0.4 is 15.4 Å². The predicted octanol–water partition coefficient (Wildman–Crippen LogP) is 2.47. The van der Waals surface area contributed by atoms with Gasteiger partial charge in [0.05, 0.1) is 24.6 Å². The number of rotatable bonds is 9. The van der Waals surface area contributed by atoms with E-state index in [1.165, 1.54) is 13.0 Å². The number of carbonyl (C=O) groups is 3. The van der Waals surface area contributed by atoms with Gasteiger partial charge in [-0.25, -0.2) is 0 Å². The van der Waals surface area contributed by atoms with E-state index in [9.17, 15) is 14.4 Å². The Hall–Kier alpha value is -3.23. The maximum atomic E-state index is 12.5. The van der Waals surface area contributed by atoms with Gasteiger partial charge in [-0.15, -0.1) is 0 Å². The second-order valence-electron chi connectivity index (χ2n) is 5.71. The lowest BCUT2D eigenvalue weighted by atomic mass is 10.2. The molecule has 0 atom stereocenters. The Morgan fingerprint density at radius 2 is 1.64 bits per heavy atom. The zero-order chi connectivity index (χ0) is 20.4. The molecule has 0 saturated heterocycles. The zero-order valence-corrected chi connectivity index (χ0v) is 15.7. The summed E-state index contributed by atoms with van der Waals surface area (Å²) in [6.07, 6.45) is 0. The van der Waals surface area contributed by atoms with Crippen molar-refractivity contribution in [1.82, 2.24) is 0 Å². The number of ether oxygens (including phenoxy) is 3. The van der Waals surface area contributed by atoms with Gasteiger partial charge in [0.25, 0.3) is 5.91 Å². The van der Waals surface area contributed by atoms with E-state index < -0.39 is 11.9 Å². The fourth-order valence-corrected chi connectivity index (χ4v) is 2.26. The van der Waals surface area contributed by atoms with Crippen LogP contribution in [0.25, 0.3) is 0 Å². The first-order chi connectivity index (χ1) is 13.5. The van der Waals surface area contributed by atoms with Gasteiger partial charge in [0, 0.05) is 19.6 Å². The molecule has 28 heavy (non-hydrogen) atoms. The smallest absolute Gasteiger partial charge is 0.308 e. The van der Waals surface area contributed by atoms with E-state index >= 15 is 0 Å². The van der Waals surface area contributed by atoms with Crippen LogP contribution in [0.1, 0.15) is 17.3 Å². The highest BCUT2D eigenvalue weighted by Crippen LogP contribution is 2.22. The molecule has 0 heterocycles. The Kier molecular flexibility index (Phi) is 8.13. The van der Waals surface area contributed by atoms with Crippen molar-refractivity contribution in [2.75, 3.05) is 37.6 Å². The SMILES string of the molecule is COCCOCC(=O)Nc1ccccc1NC(=O)c1cccc(OC(C)=O)c1. The van der Waals surface area contributed by atoms with Gasteiger partial charge in [-0.3, -0.25) is 14.4 Å². The topological polar surface area (TPSA) is 103 Å². The van der Waals surface area contributed by atoms with Crippen LogP contribution in [0.4, 0.5) is 11.4 Å². The molecule has 0 aliphatic heterocycles. The number of para-hydroxylation sites is 2.